The van der Waals surface area contributed by atoms with E-state index in [1.54, 1.807) is 7.11 Å². The molecule has 0 heterocycles. The number of ether oxygens (including phenoxy) is 2. The lowest BCUT2D eigenvalue weighted by atomic mass is 9.98. The molecule has 21 heavy (non-hydrogen) atoms. The van der Waals surface area contributed by atoms with Crippen molar-refractivity contribution in [2.24, 2.45) is 5.73 Å². The summed E-state index contributed by atoms with van der Waals surface area (Å²) in [5.41, 5.74) is 9.01. The van der Waals surface area contributed by atoms with Crippen molar-refractivity contribution in [2.75, 3.05) is 7.11 Å². The highest BCUT2D eigenvalue weighted by molar-refractivity contribution is 5.34. The second-order valence-electron chi connectivity index (χ2n) is 5.45. The summed E-state index contributed by atoms with van der Waals surface area (Å²) in [5.74, 6) is 1.67. The van der Waals surface area contributed by atoms with E-state index in [2.05, 4.69) is 24.3 Å². The number of hydrogen-bond acceptors (Lipinski definition) is 3. The average Bonchev–Trinajstić information content (AvgIpc) is 2.69. The molecule has 0 saturated heterocycles. The molecule has 2 aromatic rings. The van der Waals surface area contributed by atoms with E-state index >= 15 is 0 Å². The number of aryl methyl sites for hydroxylation is 1. The summed E-state index contributed by atoms with van der Waals surface area (Å²) in [6, 6.07) is 16.0. The lowest BCUT2D eigenvalue weighted by Crippen LogP contribution is -2.30. The summed E-state index contributed by atoms with van der Waals surface area (Å²) >= 11 is 0. The molecular formula is C18H21NO2. The Morgan fingerprint density at radius 3 is 2.48 bits per heavy atom. The van der Waals surface area contributed by atoms with Crippen LogP contribution in [0, 0.1) is 0 Å². The van der Waals surface area contributed by atoms with Gasteiger partial charge >= 0.3 is 0 Å². The molecule has 0 fully saturated rings. The first kappa shape index (κ1) is 14.0. The van der Waals surface area contributed by atoms with Crippen LogP contribution in [0.1, 0.15) is 30.0 Å². The highest BCUT2D eigenvalue weighted by Crippen LogP contribution is 2.30. The summed E-state index contributed by atoms with van der Waals surface area (Å²) in [5, 5.41) is 0. The summed E-state index contributed by atoms with van der Waals surface area (Å²) in [4.78, 5) is 0. The van der Waals surface area contributed by atoms with E-state index in [4.69, 9.17) is 15.2 Å². The molecule has 0 amide bonds. The van der Waals surface area contributed by atoms with E-state index in [1.807, 2.05) is 24.3 Å². The standard InChI is InChI=1S/C18H21NO2/c1-20-14-9-11-15(12-10-14)21-17-8-4-6-13-5-2-3-7-16(13)18(17)19/h2-3,5,7,9-12,17-18H,4,6,8,19H2,1H3. The van der Waals surface area contributed by atoms with Gasteiger partial charge in [0.2, 0.25) is 0 Å². The summed E-state index contributed by atoms with van der Waals surface area (Å²) in [6.45, 7) is 0. The minimum Gasteiger partial charge on any atom is -0.497 e. The molecule has 110 valence electrons. The van der Waals surface area contributed by atoms with E-state index in [0.717, 1.165) is 30.8 Å². The number of fused-ring (bicyclic) bond motifs is 1. The Morgan fingerprint density at radius 1 is 1.00 bits per heavy atom. The molecular weight excluding hydrogens is 262 g/mol. The molecule has 3 heteroatoms. The lowest BCUT2D eigenvalue weighted by Gasteiger charge is -2.24. The third-order valence-corrected chi connectivity index (χ3v) is 4.10. The number of methoxy groups -OCH3 is 1. The summed E-state index contributed by atoms with van der Waals surface area (Å²) < 4.78 is 11.3. The van der Waals surface area contributed by atoms with Crippen LogP contribution < -0.4 is 15.2 Å². The van der Waals surface area contributed by atoms with Gasteiger partial charge in [0.25, 0.3) is 0 Å². The van der Waals surface area contributed by atoms with Crippen LogP contribution in [0.2, 0.25) is 0 Å². The molecule has 0 aliphatic heterocycles. The van der Waals surface area contributed by atoms with Crippen LogP contribution in [0.15, 0.2) is 48.5 Å². The van der Waals surface area contributed by atoms with Crippen LogP contribution >= 0.6 is 0 Å². The zero-order valence-corrected chi connectivity index (χ0v) is 12.3. The van der Waals surface area contributed by atoms with Crippen molar-refractivity contribution >= 4 is 0 Å². The number of benzene rings is 2. The van der Waals surface area contributed by atoms with Crippen LogP contribution in [0.5, 0.6) is 11.5 Å². The highest BCUT2D eigenvalue weighted by atomic mass is 16.5. The largest absolute Gasteiger partial charge is 0.497 e. The maximum absolute atomic E-state index is 6.44. The Kier molecular flexibility index (Phi) is 4.11. The summed E-state index contributed by atoms with van der Waals surface area (Å²) in [7, 11) is 1.66. The zero-order valence-electron chi connectivity index (χ0n) is 12.3. The predicted octanol–water partition coefficient (Wildman–Crippen LogP) is 3.48. The molecule has 0 spiro atoms. The van der Waals surface area contributed by atoms with Crippen LogP contribution in [0.25, 0.3) is 0 Å². The van der Waals surface area contributed by atoms with Crippen molar-refractivity contribution in [3.63, 3.8) is 0 Å². The molecule has 3 nitrogen and oxygen atoms in total. The molecule has 2 aromatic carbocycles. The van der Waals surface area contributed by atoms with Gasteiger partial charge in [-0.05, 0) is 54.7 Å². The smallest absolute Gasteiger partial charge is 0.120 e. The first-order chi connectivity index (χ1) is 10.3. The highest BCUT2D eigenvalue weighted by Gasteiger charge is 2.26. The minimum atomic E-state index is -0.0780. The van der Waals surface area contributed by atoms with Gasteiger partial charge in [-0.1, -0.05) is 24.3 Å². The van der Waals surface area contributed by atoms with Gasteiger partial charge in [0, 0.05) is 0 Å². The van der Waals surface area contributed by atoms with Gasteiger partial charge in [0.15, 0.2) is 0 Å². The van der Waals surface area contributed by atoms with Crippen LogP contribution in [0.3, 0.4) is 0 Å². The van der Waals surface area contributed by atoms with Gasteiger partial charge in [-0.15, -0.1) is 0 Å². The Labute approximate surface area is 125 Å². The fourth-order valence-corrected chi connectivity index (χ4v) is 2.92. The quantitative estimate of drug-likeness (QED) is 0.877. The second kappa shape index (κ2) is 6.19. The zero-order chi connectivity index (χ0) is 14.7. The van der Waals surface area contributed by atoms with Gasteiger partial charge in [0.05, 0.1) is 13.2 Å². The molecule has 0 saturated carbocycles. The number of rotatable bonds is 3. The van der Waals surface area contributed by atoms with Crippen molar-refractivity contribution in [3.05, 3.63) is 59.7 Å². The summed E-state index contributed by atoms with van der Waals surface area (Å²) in [6.07, 6.45) is 3.17. The minimum absolute atomic E-state index is 0.0158. The molecule has 0 aromatic heterocycles. The topological polar surface area (TPSA) is 44.5 Å². The van der Waals surface area contributed by atoms with Gasteiger partial charge in [-0.25, -0.2) is 0 Å². The molecule has 0 radical (unpaired) electrons. The first-order valence-electron chi connectivity index (χ1n) is 7.42. The maximum atomic E-state index is 6.44. The molecule has 1 aliphatic carbocycles. The molecule has 3 rings (SSSR count). The van der Waals surface area contributed by atoms with Gasteiger partial charge in [-0.2, -0.15) is 0 Å². The van der Waals surface area contributed by atoms with Crippen LogP contribution in [-0.2, 0) is 6.42 Å². The van der Waals surface area contributed by atoms with Crippen LogP contribution in [0.4, 0.5) is 0 Å². The predicted molar refractivity (Wildman–Crippen MR) is 83.7 cm³/mol. The Hall–Kier alpha value is -2.00. The van der Waals surface area contributed by atoms with Gasteiger partial charge in [-0.3, -0.25) is 0 Å². The SMILES string of the molecule is COc1ccc(OC2CCCc3ccccc3C2N)cc1. The second-order valence-corrected chi connectivity index (χ2v) is 5.45. The van der Waals surface area contributed by atoms with Crippen molar-refractivity contribution in [2.45, 2.75) is 31.4 Å². The fourth-order valence-electron chi connectivity index (χ4n) is 2.92. The maximum Gasteiger partial charge on any atom is 0.120 e. The van der Waals surface area contributed by atoms with Crippen molar-refractivity contribution in [1.29, 1.82) is 0 Å². The van der Waals surface area contributed by atoms with Gasteiger partial charge < -0.3 is 15.2 Å². The third-order valence-electron chi connectivity index (χ3n) is 4.10. The molecule has 1 aliphatic rings. The normalized spacial score (nSPS) is 21.2. The van der Waals surface area contributed by atoms with Crippen molar-refractivity contribution in [3.8, 4) is 11.5 Å². The Bertz CT molecular complexity index is 594. The molecule has 2 unspecified atom stereocenters. The number of hydrogen-bond donors (Lipinski definition) is 1. The van der Waals surface area contributed by atoms with E-state index in [-0.39, 0.29) is 12.1 Å². The molecule has 0 bridgehead atoms. The fraction of sp³-hybridized carbons (Fsp3) is 0.333. The van der Waals surface area contributed by atoms with Crippen LogP contribution in [-0.4, -0.2) is 13.2 Å². The lowest BCUT2D eigenvalue weighted by molar-refractivity contribution is 0.162. The van der Waals surface area contributed by atoms with Gasteiger partial charge in [0.1, 0.15) is 17.6 Å². The Balaban J connectivity index is 1.78. The first-order valence-corrected chi connectivity index (χ1v) is 7.42. The van der Waals surface area contributed by atoms with E-state index in [9.17, 15) is 0 Å². The molecule has 2 atom stereocenters. The third kappa shape index (κ3) is 3.03. The monoisotopic (exact) mass is 283 g/mol. The Morgan fingerprint density at radius 2 is 1.71 bits per heavy atom. The van der Waals surface area contributed by atoms with Crippen molar-refractivity contribution in [1.82, 2.24) is 0 Å². The van der Waals surface area contributed by atoms with E-state index in [0.29, 0.717) is 0 Å². The molecule has 2 N–H and O–H groups in total. The number of nitrogens with two attached hydrogens (primary N) is 1. The van der Waals surface area contributed by atoms with E-state index in [1.165, 1.54) is 11.1 Å². The van der Waals surface area contributed by atoms with Crippen molar-refractivity contribution < 1.29 is 9.47 Å². The van der Waals surface area contributed by atoms with E-state index < -0.39 is 0 Å². The average molecular weight is 283 g/mol.